The lowest BCUT2D eigenvalue weighted by atomic mass is 10.1. The van der Waals surface area contributed by atoms with E-state index in [1.54, 1.807) is 23.0 Å². The number of aryl methyl sites for hydroxylation is 1. The van der Waals surface area contributed by atoms with Crippen LogP contribution in [0, 0.1) is 12.7 Å². The number of halogens is 2. The van der Waals surface area contributed by atoms with E-state index >= 15 is 0 Å². The van der Waals surface area contributed by atoms with E-state index in [1.165, 1.54) is 6.07 Å². The fraction of sp³-hybridized carbons (Fsp3) is 0.0625. The van der Waals surface area contributed by atoms with Gasteiger partial charge >= 0.3 is 0 Å². The predicted octanol–water partition coefficient (Wildman–Crippen LogP) is 4.07. The Hall–Kier alpha value is -2.53. The third-order valence-electron chi connectivity index (χ3n) is 3.56. The molecule has 22 heavy (non-hydrogen) atoms. The summed E-state index contributed by atoms with van der Waals surface area (Å²) >= 11 is 6.47. The molecular formula is C16H10ClFN4. The van der Waals surface area contributed by atoms with Gasteiger partial charge in [0.05, 0.1) is 16.1 Å². The van der Waals surface area contributed by atoms with Crippen LogP contribution in [0.25, 0.3) is 27.8 Å². The van der Waals surface area contributed by atoms with Crippen LogP contribution >= 0.6 is 11.6 Å². The van der Waals surface area contributed by atoms with Crippen LogP contribution in [0.4, 0.5) is 4.39 Å². The second kappa shape index (κ2) is 4.74. The maximum absolute atomic E-state index is 14.1. The van der Waals surface area contributed by atoms with Gasteiger partial charge in [0.2, 0.25) is 0 Å². The zero-order valence-electron chi connectivity index (χ0n) is 11.6. The molecule has 0 aliphatic carbocycles. The van der Waals surface area contributed by atoms with Gasteiger partial charge in [-0.05, 0) is 25.1 Å². The van der Waals surface area contributed by atoms with Crippen LogP contribution in [0.15, 0.2) is 42.6 Å². The molecule has 0 aliphatic rings. The van der Waals surface area contributed by atoms with Crippen LogP contribution in [-0.4, -0.2) is 19.7 Å². The second-order valence-electron chi connectivity index (χ2n) is 4.95. The van der Waals surface area contributed by atoms with Crippen molar-refractivity contribution in [3.05, 3.63) is 59.1 Å². The van der Waals surface area contributed by atoms with Crippen LogP contribution in [0.2, 0.25) is 5.02 Å². The number of para-hydroxylation sites is 1. The minimum Gasteiger partial charge on any atom is -0.237 e. The van der Waals surface area contributed by atoms with Crippen LogP contribution in [0.5, 0.6) is 0 Å². The Morgan fingerprint density at radius 1 is 1.14 bits per heavy atom. The Morgan fingerprint density at radius 2 is 2.00 bits per heavy atom. The Labute approximate surface area is 130 Å². The third kappa shape index (κ3) is 1.79. The Balaban J connectivity index is 2.18. The molecule has 4 nitrogen and oxygen atoms in total. The fourth-order valence-corrected chi connectivity index (χ4v) is 2.93. The van der Waals surface area contributed by atoms with Gasteiger partial charge in [-0.3, -0.25) is 0 Å². The Bertz CT molecular complexity index is 1010. The molecule has 3 aromatic heterocycles. The number of pyridine rings is 2. The van der Waals surface area contributed by atoms with Gasteiger partial charge in [0.1, 0.15) is 11.3 Å². The van der Waals surface area contributed by atoms with Crippen LogP contribution < -0.4 is 0 Å². The SMILES string of the molecule is Cc1nn(-c2ccccn2)c2nc3c(F)cccc3c(Cl)c12. The highest BCUT2D eigenvalue weighted by atomic mass is 35.5. The van der Waals surface area contributed by atoms with Gasteiger partial charge in [-0.2, -0.15) is 9.78 Å². The molecule has 0 unspecified atom stereocenters. The highest BCUT2D eigenvalue weighted by Crippen LogP contribution is 2.33. The molecule has 0 amide bonds. The maximum atomic E-state index is 14.1. The van der Waals surface area contributed by atoms with Crippen LogP contribution in [0.1, 0.15) is 5.69 Å². The molecule has 0 radical (unpaired) electrons. The summed E-state index contributed by atoms with van der Waals surface area (Å²) in [6.07, 6.45) is 1.67. The van der Waals surface area contributed by atoms with Gasteiger partial charge in [-0.25, -0.2) is 14.4 Å². The van der Waals surface area contributed by atoms with Gasteiger partial charge in [-0.1, -0.05) is 29.8 Å². The summed E-state index contributed by atoms with van der Waals surface area (Å²) < 4.78 is 15.7. The molecule has 0 atom stereocenters. The van der Waals surface area contributed by atoms with E-state index < -0.39 is 5.82 Å². The lowest BCUT2D eigenvalue weighted by molar-refractivity contribution is 0.637. The Kier molecular flexibility index (Phi) is 2.84. The second-order valence-corrected chi connectivity index (χ2v) is 5.32. The average molecular weight is 313 g/mol. The zero-order chi connectivity index (χ0) is 15.3. The number of hydrogen-bond acceptors (Lipinski definition) is 3. The van der Waals surface area contributed by atoms with Crippen LogP contribution in [-0.2, 0) is 0 Å². The zero-order valence-corrected chi connectivity index (χ0v) is 12.3. The van der Waals surface area contributed by atoms with E-state index in [1.807, 2.05) is 25.1 Å². The Morgan fingerprint density at radius 3 is 2.77 bits per heavy atom. The predicted molar refractivity (Wildman–Crippen MR) is 83.9 cm³/mol. The quantitative estimate of drug-likeness (QED) is 0.532. The number of benzene rings is 1. The summed E-state index contributed by atoms with van der Waals surface area (Å²) in [5.74, 6) is 0.201. The first-order chi connectivity index (χ1) is 10.7. The number of nitrogens with zero attached hydrogens (tertiary/aromatic N) is 4. The van der Waals surface area contributed by atoms with Gasteiger partial charge in [-0.15, -0.1) is 0 Å². The lowest BCUT2D eigenvalue weighted by Gasteiger charge is -2.05. The van der Waals surface area contributed by atoms with Crippen molar-refractivity contribution in [2.45, 2.75) is 6.92 Å². The highest BCUT2D eigenvalue weighted by molar-refractivity contribution is 6.40. The normalized spacial score (nSPS) is 11.4. The standard InChI is InChI=1S/C16H10ClFN4/c1-9-13-14(17)10-5-4-6-11(18)15(10)20-16(13)22(21-9)12-7-2-3-8-19-12/h2-8H,1H3. The van der Waals surface area contributed by atoms with Crippen molar-refractivity contribution < 1.29 is 4.39 Å². The van der Waals surface area contributed by atoms with E-state index in [9.17, 15) is 4.39 Å². The average Bonchev–Trinajstić information content (AvgIpc) is 2.87. The number of hydrogen-bond donors (Lipinski definition) is 0. The first-order valence-corrected chi connectivity index (χ1v) is 7.09. The molecule has 1 aromatic carbocycles. The molecule has 0 bridgehead atoms. The molecule has 3 heterocycles. The molecule has 0 spiro atoms. The minimum atomic E-state index is -0.410. The summed E-state index contributed by atoms with van der Waals surface area (Å²) in [7, 11) is 0. The molecule has 4 aromatic rings. The number of aromatic nitrogens is 4. The van der Waals surface area contributed by atoms with E-state index in [2.05, 4.69) is 15.1 Å². The molecule has 0 aliphatic heterocycles. The molecule has 0 fully saturated rings. The first-order valence-electron chi connectivity index (χ1n) is 6.71. The molecule has 108 valence electrons. The summed E-state index contributed by atoms with van der Waals surface area (Å²) in [4.78, 5) is 8.70. The lowest BCUT2D eigenvalue weighted by Crippen LogP contribution is -2.00. The van der Waals surface area contributed by atoms with Gasteiger partial charge < -0.3 is 0 Å². The van der Waals surface area contributed by atoms with Crippen molar-refractivity contribution in [3.63, 3.8) is 0 Å². The monoisotopic (exact) mass is 312 g/mol. The van der Waals surface area contributed by atoms with Crippen molar-refractivity contribution in [2.75, 3.05) is 0 Å². The van der Waals surface area contributed by atoms with Gasteiger partial charge in [0.25, 0.3) is 0 Å². The molecule has 4 rings (SSSR count). The summed E-state index contributed by atoms with van der Waals surface area (Å²) in [6.45, 7) is 1.85. The first kappa shape index (κ1) is 13.2. The van der Waals surface area contributed by atoms with E-state index in [0.29, 0.717) is 27.3 Å². The number of rotatable bonds is 1. The molecule has 0 saturated heterocycles. The smallest absolute Gasteiger partial charge is 0.167 e. The van der Waals surface area contributed by atoms with Crippen molar-refractivity contribution in [1.82, 2.24) is 19.7 Å². The highest BCUT2D eigenvalue weighted by Gasteiger charge is 2.18. The summed E-state index contributed by atoms with van der Waals surface area (Å²) in [6, 6.07) is 10.2. The van der Waals surface area contributed by atoms with Gasteiger partial charge in [0, 0.05) is 11.6 Å². The summed E-state index contributed by atoms with van der Waals surface area (Å²) in [5, 5.41) is 6.21. The third-order valence-corrected chi connectivity index (χ3v) is 3.96. The van der Waals surface area contributed by atoms with Crippen molar-refractivity contribution >= 4 is 33.5 Å². The van der Waals surface area contributed by atoms with E-state index in [-0.39, 0.29) is 5.52 Å². The van der Waals surface area contributed by atoms with Gasteiger partial charge in [0.15, 0.2) is 11.5 Å². The van der Waals surface area contributed by atoms with E-state index in [4.69, 9.17) is 11.6 Å². The molecule has 0 N–H and O–H groups in total. The topological polar surface area (TPSA) is 43.6 Å². The largest absolute Gasteiger partial charge is 0.237 e. The van der Waals surface area contributed by atoms with Crippen LogP contribution in [0.3, 0.4) is 0 Å². The maximum Gasteiger partial charge on any atom is 0.167 e. The molecule has 0 saturated carbocycles. The van der Waals surface area contributed by atoms with Crippen molar-refractivity contribution in [1.29, 1.82) is 0 Å². The van der Waals surface area contributed by atoms with E-state index in [0.717, 1.165) is 5.69 Å². The molecule has 6 heteroatoms. The van der Waals surface area contributed by atoms with Crippen molar-refractivity contribution in [3.8, 4) is 5.82 Å². The summed E-state index contributed by atoms with van der Waals surface area (Å²) in [5.41, 5.74) is 1.46. The minimum absolute atomic E-state index is 0.233. The van der Waals surface area contributed by atoms with Crippen molar-refractivity contribution in [2.24, 2.45) is 0 Å². The molecular weight excluding hydrogens is 303 g/mol. The number of fused-ring (bicyclic) bond motifs is 2. The fourth-order valence-electron chi connectivity index (χ4n) is 2.56.